The highest BCUT2D eigenvalue weighted by Gasteiger charge is 2.03. The molecule has 1 unspecified atom stereocenters. The molecule has 0 N–H and O–H groups in total. The van der Waals surface area contributed by atoms with Gasteiger partial charge in [-0.25, -0.2) is 4.39 Å². The molecule has 0 spiro atoms. The molecular weight excluding hydrogens is 155 g/mol. The summed E-state index contributed by atoms with van der Waals surface area (Å²) in [6, 6.07) is 6.39. The van der Waals surface area contributed by atoms with Crippen molar-refractivity contribution in [1.29, 1.82) is 0 Å². The maximum Gasteiger partial charge on any atom is 0.123 e. The van der Waals surface area contributed by atoms with Gasteiger partial charge >= 0.3 is 0 Å². The number of rotatable bonds is 3. The third-order valence-corrected chi connectivity index (χ3v) is 1.76. The van der Waals surface area contributed by atoms with Gasteiger partial charge in [-0.1, -0.05) is 12.1 Å². The number of ether oxygens (including phenoxy) is 1. The third-order valence-electron chi connectivity index (χ3n) is 1.76. The van der Waals surface area contributed by atoms with E-state index in [2.05, 4.69) is 0 Å². The zero-order valence-electron chi connectivity index (χ0n) is 7.38. The van der Waals surface area contributed by atoms with E-state index in [0.29, 0.717) is 6.61 Å². The molecule has 0 aliphatic rings. The molecule has 0 saturated carbocycles. The molecule has 1 atom stereocenters. The number of halogens is 1. The van der Waals surface area contributed by atoms with Crippen molar-refractivity contribution >= 4 is 0 Å². The van der Waals surface area contributed by atoms with Crippen LogP contribution in [-0.2, 0) is 4.74 Å². The van der Waals surface area contributed by atoms with E-state index >= 15 is 0 Å². The van der Waals surface area contributed by atoms with Crippen LogP contribution in [0.15, 0.2) is 24.3 Å². The molecule has 0 radical (unpaired) electrons. The van der Waals surface area contributed by atoms with Crippen LogP contribution in [0.3, 0.4) is 0 Å². The second kappa shape index (κ2) is 4.21. The van der Waals surface area contributed by atoms with Crippen LogP contribution >= 0.6 is 0 Å². The molecule has 2 heteroatoms. The predicted octanol–water partition coefficient (Wildman–Crippen LogP) is 2.92. The third kappa shape index (κ3) is 2.31. The van der Waals surface area contributed by atoms with Crippen molar-refractivity contribution in [1.82, 2.24) is 0 Å². The number of hydrogen-bond acceptors (Lipinski definition) is 1. The fourth-order valence-electron chi connectivity index (χ4n) is 1.08. The van der Waals surface area contributed by atoms with Gasteiger partial charge in [0.25, 0.3) is 0 Å². The molecule has 0 aliphatic carbocycles. The van der Waals surface area contributed by atoms with Gasteiger partial charge in [0.1, 0.15) is 5.82 Å². The summed E-state index contributed by atoms with van der Waals surface area (Å²) in [5.74, 6) is -0.206. The zero-order valence-corrected chi connectivity index (χ0v) is 7.38. The van der Waals surface area contributed by atoms with E-state index in [-0.39, 0.29) is 11.9 Å². The molecule has 1 rings (SSSR count). The summed E-state index contributed by atoms with van der Waals surface area (Å²) in [6.07, 6.45) is 0.0515. The summed E-state index contributed by atoms with van der Waals surface area (Å²) >= 11 is 0. The molecule has 0 fully saturated rings. The van der Waals surface area contributed by atoms with Gasteiger partial charge in [0.2, 0.25) is 0 Å². The van der Waals surface area contributed by atoms with Crippen LogP contribution in [0.2, 0.25) is 0 Å². The van der Waals surface area contributed by atoms with Crippen LogP contribution in [0.5, 0.6) is 0 Å². The Kier molecular flexibility index (Phi) is 3.23. The lowest BCUT2D eigenvalue weighted by Gasteiger charge is -2.10. The maximum atomic E-state index is 12.5. The van der Waals surface area contributed by atoms with Gasteiger partial charge in [0.05, 0.1) is 6.10 Å². The quantitative estimate of drug-likeness (QED) is 0.674. The summed E-state index contributed by atoms with van der Waals surface area (Å²) in [7, 11) is 0. The van der Waals surface area contributed by atoms with Gasteiger partial charge in [-0.3, -0.25) is 0 Å². The minimum absolute atomic E-state index is 0.0515. The van der Waals surface area contributed by atoms with Gasteiger partial charge in [0, 0.05) is 6.61 Å². The fraction of sp³-hybridized carbons (Fsp3) is 0.400. The van der Waals surface area contributed by atoms with Crippen molar-refractivity contribution in [2.24, 2.45) is 0 Å². The summed E-state index contributed by atoms with van der Waals surface area (Å²) in [5.41, 5.74) is 1.01. The lowest BCUT2D eigenvalue weighted by Crippen LogP contribution is -1.98. The topological polar surface area (TPSA) is 9.23 Å². The Morgan fingerprint density at radius 2 is 1.92 bits per heavy atom. The van der Waals surface area contributed by atoms with E-state index in [1.54, 1.807) is 12.1 Å². The minimum Gasteiger partial charge on any atom is -0.374 e. The number of hydrogen-bond donors (Lipinski definition) is 0. The summed E-state index contributed by atoms with van der Waals surface area (Å²) < 4.78 is 17.8. The van der Waals surface area contributed by atoms with Crippen LogP contribution < -0.4 is 0 Å². The smallest absolute Gasteiger partial charge is 0.123 e. The highest BCUT2D eigenvalue weighted by atomic mass is 19.1. The number of benzene rings is 1. The van der Waals surface area contributed by atoms with E-state index in [1.807, 2.05) is 13.8 Å². The Hall–Kier alpha value is -0.890. The Morgan fingerprint density at radius 1 is 1.33 bits per heavy atom. The monoisotopic (exact) mass is 168 g/mol. The van der Waals surface area contributed by atoms with Crippen molar-refractivity contribution in [2.75, 3.05) is 6.61 Å². The first-order chi connectivity index (χ1) is 5.74. The van der Waals surface area contributed by atoms with Crippen molar-refractivity contribution in [3.63, 3.8) is 0 Å². The standard InChI is InChI=1S/C10H13FO/c1-3-12-8(2)9-4-6-10(11)7-5-9/h4-8H,3H2,1-2H3. The first-order valence-corrected chi connectivity index (χ1v) is 4.11. The molecule has 66 valence electrons. The van der Waals surface area contributed by atoms with Crippen LogP contribution in [0.25, 0.3) is 0 Å². The van der Waals surface area contributed by atoms with E-state index in [1.165, 1.54) is 12.1 Å². The Balaban J connectivity index is 2.68. The summed E-state index contributed by atoms with van der Waals surface area (Å²) in [4.78, 5) is 0. The van der Waals surface area contributed by atoms with Gasteiger partial charge in [-0.05, 0) is 31.5 Å². The Bertz CT molecular complexity index is 230. The second-order valence-electron chi connectivity index (χ2n) is 2.65. The van der Waals surface area contributed by atoms with E-state index in [9.17, 15) is 4.39 Å². The molecule has 0 heterocycles. The van der Waals surface area contributed by atoms with E-state index < -0.39 is 0 Å². The van der Waals surface area contributed by atoms with Crippen molar-refractivity contribution < 1.29 is 9.13 Å². The summed E-state index contributed by atoms with van der Waals surface area (Å²) in [6.45, 7) is 4.58. The maximum absolute atomic E-state index is 12.5. The minimum atomic E-state index is -0.206. The molecule has 0 amide bonds. The van der Waals surface area contributed by atoms with Crippen molar-refractivity contribution in [3.8, 4) is 0 Å². The van der Waals surface area contributed by atoms with Crippen LogP contribution in [0.4, 0.5) is 4.39 Å². The molecule has 1 aromatic carbocycles. The Morgan fingerprint density at radius 3 is 2.42 bits per heavy atom. The first kappa shape index (κ1) is 9.20. The highest BCUT2D eigenvalue weighted by Crippen LogP contribution is 2.16. The normalized spacial score (nSPS) is 12.9. The Labute approximate surface area is 72.2 Å². The van der Waals surface area contributed by atoms with Crippen molar-refractivity contribution in [2.45, 2.75) is 20.0 Å². The first-order valence-electron chi connectivity index (χ1n) is 4.11. The molecule has 0 bridgehead atoms. The molecule has 12 heavy (non-hydrogen) atoms. The second-order valence-corrected chi connectivity index (χ2v) is 2.65. The SMILES string of the molecule is CCOC(C)c1ccc(F)cc1. The lowest BCUT2D eigenvalue weighted by atomic mass is 10.1. The molecule has 0 aliphatic heterocycles. The molecule has 0 aromatic heterocycles. The van der Waals surface area contributed by atoms with Crippen LogP contribution in [0.1, 0.15) is 25.5 Å². The average Bonchev–Trinajstić information content (AvgIpc) is 2.06. The van der Waals surface area contributed by atoms with Crippen LogP contribution in [0, 0.1) is 5.82 Å². The fourth-order valence-corrected chi connectivity index (χ4v) is 1.08. The molecule has 1 aromatic rings. The molecular formula is C10H13FO. The summed E-state index contributed by atoms with van der Waals surface area (Å²) in [5, 5.41) is 0. The van der Waals surface area contributed by atoms with Gasteiger partial charge in [-0.15, -0.1) is 0 Å². The predicted molar refractivity (Wildman–Crippen MR) is 46.4 cm³/mol. The molecule has 0 saturated heterocycles. The molecule has 1 nitrogen and oxygen atoms in total. The zero-order chi connectivity index (χ0) is 8.97. The van der Waals surface area contributed by atoms with E-state index in [4.69, 9.17) is 4.74 Å². The van der Waals surface area contributed by atoms with Gasteiger partial charge in [-0.2, -0.15) is 0 Å². The highest BCUT2D eigenvalue weighted by molar-refractivity contribution is 5.17. The van der Waals surface area contributed by atoms with Gasteiger partial charge < -0.3 is 4.74 Å². The van der Waals surface area contributed by atoms with Crippen molar-refractivity contribution in [3.05, 3.63) is 35.6 Å². The lowest BCUT2D eigenvalue weighted by molar-refractivity contribution is 0.0763. The average molecular weight is 168 g/mol. The largest absolute Gasteiger partial charge is 0.374 e. The van der Waals surface area contributed by atoms with E-state index in [0.717, 1.165) is 5.56 Å². The van der Waals surface area contributed by atoms with Gasteiger partial charge in [0.15, 0.2) is 0 Å². The van der Waals surface area contributed by atoms with Crippen LogP contribution in [-0.4, -0.2) is 6.61 Å².